The highest BCUT2D eigenvalue weighted by atomic mass is 16.5. The molecule has 25 heavy (non-hydrogen) atoms. The third-order valence-electron chi connectivity index (χ3n) is 3.20. The smallest absolute Gasteiger partial charge is 0.239 e. The van der Waals surface area contributed by atoms with Crippen LogP contribution >= 0.6 is 0 Å². The largest absolute Gasteiger partial charge is 0.493 e. The van der Waals surface area contributed by atoms with Crippen molar-refractivity contribution in [2.45, 2.75) is 0 Å². The van der Waals surface area contributed by atoms with Gasteiger partial charge in [-0.25, -0.2) is 0 Å². The summed E-state index contributed by atoms with van der Waals surface area (Å²) in [6.45, 7) is 0.994. The Labute approximate surface area is 147 Å². The van der Waals surface area contributed by atoms with Gasteiger partial charge in [0.05, 0.1) is 34.5 Å². The molecule has 1 aromatic rings. The number of methoxy groups -OCH3 is 4. The van der Waals surface area contributed by atoms with E-state index in [-0.39, 0.29) is 12.5 Å². The number of rotatable bonds is 9. The number of benzene rings is 1. The Kier molecular flexibility index (Phi) is 8.94. The van der Waals surface area contributed by atoms with Gasteiger partial charge in [0.25, 0.3) is 0 Å². The van der Waals surface area contributed by atoms with Crippen LogP contribution < -0.4 is 30.2 Å². The molecule has 0 aliphatic carbocycles. The summed E-state index contributed by atoms with van der Waals surface area (Å²) in [5.41, 5.74) is 0.669. The predicted molar refractivity (Wildman–Crippen MR) is 96.0 cm³/mol. The summed E-state index contributed by atoms with van der Waals surface area (Å²) in [6, 6.07) is 3.49. The molecule has 0 atom stereocenters. The second kappa shape index (κ2) is 11.0. The lowest BCUT2D eigenvalue weighted by molar-refractivity contribution is -0.120. The average Bonchev–Trinajstić information content (AvgIpc) is 2.64. The summed E-state index contributed by atoms with van der Waals surface area (Å²) >= 11 is 0. The minimum Gasteiger partial charge on any atom is -0.493 e. The molecule has 9 nitrogen and oxygen atoms in total. The first-order valence-corrected chi connectivity index (χ1v) is 7.62. The molecule has 0 spiro atoms. The van der Waals surface area contributed by atoms with E-state index < -0.39 is 0 Å². The van der Waals surface area contributed by atoms with Gasteiger partial charge in [-0.1, -0.05) is 0 Å². The molecule has 0 heterocycles. The Hall–Kier alpha value is -2.68. The SMILES string of the molecule is CN=C(NCC(=O)NCCOC)Nc1cc(OC)c(OC)c(OC)c1. The highest BCUT2D eigenvalue weighted by molar-refractivity contribution is 5.96. The van der Waals surface area contributed by atoms with E-state index in [1.165, 1.54) is 7.11 Å². The molecule has 0 aromatic heterocycles. The Morgan fingerprint density at radius 2 is 1.68 bits per heavy atom. The minimum atomic E-state index is -0.162. The van der Waals surface area contributed by atoms with Crippen LogP contribution in [0.15, 0.2) is 17.1 Å². The lowest BCUT2D eigenvalue weighted by atomic mass is 10.2. The van der Waals surface area contributed by atoms with Crippen LogP contribution in [0.2, 0.25) is 0 Å². The molecular weight excluding hydrogens is 328 g/mol. The molecule has 140 valence electrons. The van der Waals surface area contributed by atoms with Crippen molar-refractivity contribution in [3.05, 3.63) is 12.1 Å². The monoisotopic (exact) mass is 354 g/mol. The maximum atomic E-state index is 11.7. The van der Waals surface area contributed by atoms with Crippen molar-refractivity contribution in [2.75, 3.05) is 60.5 Å². The summed E-state index contributed by atoms with van der Waals surface area (Å²) in [7, 11) is 7.80. The fourth-order valence-electron chi connectivity index (χ4n) is 1.99. The predicted octanol–water partition coefficient (Wildman–Crippen LogP) is 0.462. The van der Waals surface area contributed by atoms with Crippen molar-refractivity contribution in [3.63, 3.8) is 0 Å². The first kappa shape index (κ1) is 20.4. The number of anilines is 1. The van der Waals surface area contributed by atoms with Crippen molar-refractivity contribution < 1.29 is 23.7 Å². The second-order valence-corrected chi connectivity index (χ2v) is 4.81. The molecule has 1 amide bonds. The number of amides is 1. The summed E-state index contributed by atoms with van der Waals surface area (Å²) in [4.78, 5) is 15.8. The minimum absolute atomic E-state index is 0.0772. The maximum absolute atomic E-state index is 11.7. The highest BCUT2D eigenvalue weighted by Crippen LogP contribution is 2.39. The van der Waals surface area contributed by atoms with Gasteiger partial charge in [0.1, 0.15) is 0 Å². The molecule has 0 unspecified atom stereocenters. The van der Waals surface area contributed by atoms with E-state index in [2.05, 4.69) is 20.9 Å². The summed E-state index contributed by atoms with van der Waals surface area (Å²) < 4.78 is 20.8. The topological polar surface area (TPSA) is 102 Å². The number of hydrogen-bond donors (Lipinski definition) is 3. The van der Waals surface area contributed by atoms with Gasteiger partial charge in [0.15, 0.2) is 17.5 Å². The zero-order valence-corrected chi connectivity index (χ0v) is 15.3. The van der Waals surface area contributed by atoms with Gasteiger partial charge in [0, 0.05) is 38.5 Å². The third-order valence-corrected chi connectivity index (χ3v) is 3.20. The van der Waals surface area contributed by atoms with Gasteiger partial charge in [-0.3, -0.25) is 9.79 Å². The fraction of sp³-hybridized carbons (Fsp3) is 0.500. The van der Waals surface area contributed by atoms with E-state index in [9.17, 15) is 4.79 Å². The number of nitrogens with zero attached hydrogens (tertiary/aromatic N) is 1. The molecule has 0 aliphatic rings. The van der Waals surface area contributed by atoms with Crippen LogP contribution in [0, 0.1) is 0 Å². The van der Waals surface area contributed by atoms with E-state index in [0.29, 0.717) is 42.0 Å². The quantitative estimate of drug-likeness (QED) is 0.336. The molecule has 9 heteroatoms. The van der Waals surface area contributed by atoms with Crippen LogP contribution in [0.1, 0.15) is 0 Å². The van der Waals surface area contributed by atoms with Crippen LogP contribution in [0.5, 0.6) is 17.2 Å². The van der Waals surface area contributed by atoms with Gasteiger partial charge in [0.2, 0.25) is 11.7 Å². The van der Waals surface area contributed by atoms with Crippen LogP contribution in [0.4, 0.5) is 5.69 Å². The zero-order chi connectivity index (χ0) is 18.7. The zero-order valence-electron chi connectivity index (χ0n) is 15.3. The summed E-state index contributed by atoms with van der Waals surface area (Å²) in [6.07, 6.45) is 0. The van der Waals surface area contributed by atoms with E-state index in [1.807, 2.05) is 0 Å². The van der Waals surface area contributed by atoms with Crippen molar-refractivity contribution in [2.24, 2.45) is 4.99 Å². The molecular formula is C16H26N4O5. The second-order valence-electron chi connectivity index (χ2n) is 4.81. The summed E-state index contributed by atoms with van der Waals surface area (Å²) in [5, 5.41) is 8.70. The Morgan fingerprint density at radius 3 is 2.16 bits per heavy atom. The van der Waals surface area contributed by atoms with Gasteiger partial charge in [-0.15, -0.1) is 0 Å². The molecule has 0 fully saturated rings. The number of ether oxygens (including phenoxy) is 4. The molecule has 0 saturated carbocycles. The van der Waals surface area contributed by atoms with Crippen LogP contribution in [-0.2, 0) is 9.53 Å². The first-order chi connectivity index (χ1) is 12.1. The first-order valence-electron chi connectivity index (χ1n) is 7.62. The Bertz CT molecular complexity index is 567. The molecule has 0 saturated heterocycles. The van der Waals surface area contributed by atoms with Crippen molar-refractivity contribution in [1.29, 1.82) is 0 Å². The molecule has 3 N–H and O–H groups in total. The number of aliphatic imine (C=N–C) groups is 1. The lowest BCUT2D eigenvalue weighted by Crippen LogP contribution is -2.40. The number of carbonyl (C=O) groups is 1. The van der Waals surface area contributed by atoms with E-state index in [4.69, 9.17) is 18.9 Å². The molecule has 0 radical (unpaired) electrons. The number of carbonyl (C=O) groups excluding carboxylic acids is 1. The number of guanidine groups is 1. The Balaban J connectivity index is 2.73. The van der Waals surface area contributed by atoms with Gasteiger partial charge < -0.3 is 34.9 Å². The number of hydrogen-bond acceptors (Lipinski definition) is 6. The van der Waals surface area contributed by atoms with Crippen molar-refractivity contribution in [3.8, 4) is 17.2 Å². The third kappa shape index (κ3) is 6.38. The Morgan fingerprint density at radius 1 is 1.04 bits per heavy atom. The van der Waals surface area contributed by atoms with Gasteiger partial charge >= 0.3 is 0 Å². The van der Waals surface area contributed by atoms with E-state index in [0.717, 1.165) is 0 Å². The van der Waals surface area contributed by atoms with Gasteiger partial charge in [-0.2, -0.15) is 0 Å². The van der Waals surface area contributed by atoms with Crippen molar-refractivity contribution >= 4 is 17.6 Å². The van der Waals surface area contributed by atoms with E-state index >= 15 is 0 Å². The van der Waals surface area contributed by atoms with Gasteiger partial charge in [-0.05, 0) is 0 Å². The normalized spacial score (nSPS) is 10.8. The van der Waals surface area contributed by atoms with Crippen molar-refractivity contribution in [1.82, 2.24) is 10.6 Å². The van der Waals surface area contributed by atoms with Crippen LogP contribution in [0.25, 0.3) is 0 Å². The van der Waals surface area contributed by atoms with Crippen LogP contribution in [0.3, 0.4) is 0 Å². The standard InChI is InChI=1S/C16H26N4O5/c1-17-16(19-10-14(21)18-6-7-22-2)20-11-8-12(23-3)15(25-5)13(9-11)24-4/h8-9H,6-7,10H2,1-5H3,(H,18,21)(H2,17,19,20). The number of nitrogens with one attached hydrogen (secondary N) is 3. The lowest BCUT2D eigenvalue weighted by Gasteiger charge is -2.16. The molecule has 1 aromatic carbocycles. The van der Waals surface area contributed by atoms with E-state index in [1.54, 1.807) is 40.5 Å². The molecule has 0 bridgehead atoms. The molecule has 1 rings (SSSR count). The highest BCUT2D eigenvalue weighted by Gasteiger charge is 2.14. The summed E-state index contributed by atoms with van der Waals surface area (Å²) in [5.74, 6) is 1.78. The maximum Gasteiger partial charge on any atom is 0.239 e. The fourth-order valence-corrected chi connectivity index (χ4v) is 1.99. The average molecular weight is 354 g/mol. The van der Waals surface area contributed by atoms with Crippen LogP contribution in [-0.4, -0.2) is 67.0 Å². The molecule has 0 aliphatic heterocycles.